The molecule has 1 amide bonds. The predicted molar refractivity (Wildman–Crippen MR) is 92.5 cm³/mol. The molecule has 0 aliphatic carbocycles. The van der Waals surface area contributed by atoms with Crippen LogP contribution in [0.5, 0.6) is 5.75 Å². The molecule has 0 spiro atoms. The molecule has 0 fully saturated rings. The van der Waals surface area contributed by atoms with Gasteiger partial charge in [-0.1, -0.05) is 39.3 Å². The minimum Gasteiger partial charge on any atom is -0.496 e. The fourth-order valence-corrected chi connectivity index (χ4v) is 3.09. The Kier molecular flexibility index (Phi) is 7.43. The van der Waals surface area contributed by atoms with Crippen LogP contribution in [0.3, 0.4) is 0 Å². The van der Waals surface area contributed by atoms with Gasteiger partial charge >= 0.3 is 0 Å². The van der Waals surface area contributed by atoms with E-state index in [2.05, 4.69) is 26.1 Å². The minimum atomic E-state index is 0.114. The van der Waals surface area contributed by atoms with Crippen LogP contribution in [0.1, 0.15) is 56.7 Å². The molecule has 0 aliphatic heterocycles. The lowest BCUT2D eigenvalue weighted by Gasteiger charge is -2.20. The van der Waals surface area contributed by atoms with Crippen molar-refractivity contribution in [2.75, 3.05) is 7.11 Å². The fourth-order valence-electron chi connectivity index (χ4n) is 3.09. The Morgan fingerprint density at radius 2 is 1.82 bits per heavy atom. The molecule has 1 rings (SSSR count). The average Bonchev–Trinajstić information content (AvgIpc) is 2.37. The topological polar surface area (TPSA) is 38.3 Å². The maximum atomic E-state index is 12.3. The second-order valence-corrected chi connectivity index (χ2v) is 6.62. The Morgan fingerprint density at radius 3 is 2.27 bits per heavy atom. The summed E-state index contributed by atoms with van der Waals surface area (Å²) in [6, 6.07) is 4.38. The number of hydrogen-bond donors (Lipinski definition) is 1. The van der Waals surface area contributed by atoms with E-state index >= 15 is 0 Å². The molecule has 0 aliphatic rings. The molecule has 1 unspecified atom stereocenters. The quantitative estimate of drug-likeness (QED) is 0.782. The number of carbonyl (C=O) groups excluding carboxylic acids is 1. The van der Waals surface area contributed by atoms with Crippen molar-refractivity contribution in [2.45, 2.75) is 66.3 Å². The van der Waals surface area contributed by atoms with Crippen molar-refractivity contribution in [3.8, 4) is 5.75 Å². The number of nitrogens with one attached hydrogen (secondary N) is 1. The summed E-state index contributed by atoms with van der Waals surface area (Å²) in [5.74, 6) is 1.62. The van der Waals surface area contributed by atoms with E-state index in [0.717, 1.165) is 41.7 Å². The van der Waals surface area contributed by atoms with Gasteiger partial charge in [-0.25, -0.2) is 0 Å². The van der Waals surface area contributed by atoms with Gasteiger partial charge in [0.2, 0.25) is 5.91 Å². The molecule has 1 aromatic carbocycles. The molecule has 3 heteroatoms. The standard InChI is InChI=1S/C19H31NO2/c1-7-8-17(9-13(2)3)20-18(21)12-16-10-14(4)19(22-6)15(5)11-16/h10-11,13,17H,7-9,12H2,1-6H3,(H,20,21). The Labute approximate surface area is 135 Å². The molecular weight excluding hydrogens is 274 g/mol. The number of methoxy groups -OCH3 is 1. The summed E-state index contributed by atoms with van der Waals surface area (Å²) < 4.78 is 5.38. The maximum absolute atomic E-state index is 12.3. The molecule has 1 N–H and O–H groups in total. The molecule has 0 radical (unpaired) electrons. The summed E-state index contributed by atoms with van der Waals surface area (Å²) in [6.07, 6.45) is 3.62. The third-order valence-electron chi connectivity index (χ3n) is 3.85. The van der Waals surface area contributed by atoms with Crippen molar-refractivity contribution in [3.63, 3.8) is 0 Å². The highest BCUT2D eigenvalue weighted by Crippen LogP contribution is 2.24. The number of ether oxygens (including phenoxy) is 1. The van der Waals surface area contributed by atoms with Gasteiger partial charge in [0.15, 0.2) is 0 Å². The van der Waals surface area contributed by atoms with Crippen molar-refractivity contribution in [2.24, 2.45) is 5.92 Å². The van der Waals surface area contributed by atoms with Crippen molar-refractivity contribution in [3.05, 3.63) is 28.8 Å². The van der Waals surface area contributed by atoms with Crippen LogP contribution in [0.15, 0.2) is 12.1 Å². The fraction of sp³-hybridized carbons (Fsp3) is 0.632. The number of aryl methyl sites for hydroxylation is 2. The first-order valence-corrected chi connectivity index (χ1v) is 8.30. The summed E-state index contributed by atoms with van der Waals surface area (Å²) in [5.41, 5.74) is 3.21. The molecule has 1 atom stereocenters. The third kappa shape index (κ3) is 5.70. The first-order valence-electron chi connectivity index (χ1n) is 8.30. The molecule has 0 aromatic heterocycles. The largest absolute Gasteiger partial charge is 0.496 e. The van der Waals surface area contributed by atoms with E-state index in [1.165, 1.54) is 0 Å². The Bertz CT molecular complexity index is 471. The summed E-state index contributed by atoms with van der Waals surface area (Å²) in [5, 5.41) is 3.20. The first kappa shape index (κ1) is 18.5. The first-order chi connectivity index (χ1) is 10.4. The highest BCUT2D eigenvalue weighted by Gasteiger charge is 2.14. The van der Waals surface area contributed by atoms with Crippen LogP contribution in [0.25, 0.3) is 0 Å². The second kappa shape index (κ2) is 8.82. The number of rotatable bonds is 8. The number of carbonyl (C=O) groups is 1. The van der Waals surface area contributed by atoms with Gasteiger partial charge in [-0.2, -0.15) is 0 Å². The van der Waals surface area contributed by atoms with Crippen LogP contribution in [-0.2, 0) is 11.2 Å². The highest BCUT2D eigenvalue weighted by atomic mass is 16.5. The Balaban J connectivity index is 2.71. The van der Waals surface area contributed by atoms with E-state index in [1.807, 2.05) is 26.0 Å². The lowest BCUT2D eigenvalue weighted by atomic mass is 9.99. The highest BCUT2D eigenvalue weighted by molar-refractivity contribution is 5.79. The smallest absolute Gasteiger partial charge is 0.224 e. The molecule has 1 aromatic rings. The van der Waals surface area contributed by atoms with E-state index in [9.17, 15) is 4.79 Å². The van der Waals surface area contributed by atoms with Crippen molar-refractivity contribution in [1.82, 2.24) is 5.32 Å². The summed E-state index contributed by atoms with van der Waals surface area (Å²) >= 11 is 0. The van der Waals surface area contributed by atoms with Crippen molar-refractivity contribution in [1.29, 1.82) is 0 Å². The van der Waals surface area contributed by atoms with Crippen molar-refractivity contribution < 1.29 is 9.53 Å². The molecule has 124 valence electrons. The van der Waals surface area contributed by atoms with Gasteiger partial charge < -0.3 is 10.1 Å². The molecule has 22 heavy (non-hydrogen) atoms. The van der Waals surface area contributed by atoms with Gasteiger partial charge in [0, 0.05) is 6.04 Å². The normalized spacial score (nSPS) is 12.3. The van der Waals surface area contributed by atoms with E-state index in [1.54, 1.807) is 7.11 Å². The molecule has 0 heterocycles. The zero-order valence-corrected chi connectivity index (χ0v) is 15.0. The predicted octanol–water partition coefficient (Wildman–Crippen LogP) is 4.19. The summed E-state index contributed by atoms with van der Waals surface area (Å²) in [6.45, 7) is 10.6. The van der Waals surface area contributed by atoms with Gasteiger partial charge in [-0.15, -0.1) is 0 Å². The second-order valence-electron chi connectivity index (χ2n) is 6.62. The van der Waals surface area contributed by atoms with Crippen LogP contribution in [-0.4, -0.2) is 19.1 Å². The van der Waals surface area contributed by atoms with E-state index in [4.69, 9.17) is 4.74 Å². The van der Waals surface area contributed by atoms with Gasteiger partial charge in [0.25, 0.3) is 0 Å². The maximum Gasteiger partial charge on any atom is 0.224 e. The van der Waals surface area contributed by atoms with Crippen molar-refractivity contribution >= 4 is 5.91 Å². The SMILES string of the molecule is CCCC(CC(C)C)NC(=O)Cc1cc(C)c(OC)c(C)c1. The third-order valence-corrected chi connectivity index (χ3v) is 3.85. The minimum absolute atomic E-state index is 0.114. The Morgan fingerprint density at radius 1 is 1.23 bits per heavy atom. The molecular formula is C19H31NO2. The number of amides is 1. The summed E-state index contributed by atoms with van der Waals surface area (Å²) in [7, 11) is 1.68. The molecule has 3 nitrogen and oxygen atoms in total. The molecule has 0 saturated heterocycles. The van der Waals surface area contributed by atoms with Gasteiger partial charge in [-0.3, -0.25) is 4.79 Å². The Hall–Kier alpha value is -1.51. The van der Waals surface area contributed by atoms with Gasteiger partial charge in [0.05, 0.1) is 13.5 Å². The zero-order chi connectivity index (χ0) is 16.7. The monoisotopic (exact) mass is 305 g/mol. The average molecular weight is 305 g/mol. The molecule has 0 saturated carbocycles. The van der Waals surface area contributed by atoms with Crippen LogP contribution < -0.4 is 10.1 Å². The van der Waals surface area contributed by atoms with E-state index in [0.29, 0.717) is 12.3 Å². The van der Waals surface area contributed by atoms with Crippen LogP contribution in [0, 0.1) is 19.8 Å². The lowest BCUT2D eigenvalue weighted by Crippen LogP contribution is -2.36. The van der Waals surface area contributed by atoms with Gasteiger partial charge in [0.1, 0.15) is 5.75 Å². The number of hydrogen-bond acceptors (Lipinski definition) is 2. The van der Waals surface area contributed by atoms with Crippen LogP contribution in [0.4, 0.5) is 0 Å². The zero-order valence-electron chi connectivity index (χ0n) is 15.0. The molecule has 0 bridgehead atoms. The van der Waals surface area contributed by atoms with Gasteiger partial charge in [-0.05, 0) is 49.3 Å². The van der Waals surface area contributed by atoms with Crippen LogP contribution in [0.2, 0.25) is 0 Å². The van der Waals surface area contributed by atoms with Crippen LogP contribution >= 0.6 is 0 Å². The van der Waals surface area contributed by atoms with E-state index in [-0.39, 0.29) is 11.9 Å². The lowest BCUT2D eigenvalue weighted by molar-refractivity contribution is -0.121. The van der Waals surface area contributed by atoms with E-state index < -0.39 is 0 Å². The number of benzene rings is 1. The summed E-state index contributed by atoms with van der Waals surface area (Å²) in [4.78, 5) is 12.3.